The van der Waals surface area contributed by atoms with Crippen molar-refractivity contribution in [2.75, 3.05) is 45.9 Å². The van der Waals surface area contributed by atoms with Crippen LogP contribution in [0.25, 0.3) is 0 Å². The van der Waals surface area contributed by atoms with Gasteiger partial charge in [-0.3, -0.25) is 9.89 Å². The number of aliphatic imine (C=N–C) groups is 1. The minimum absolute atomic E-state index is 0.0162. The summed E-state index contributed by atoms with van der Waals surface area (Å²) in [5, 5.41) is 6.56. The number of guanidine groups is 1. The van der Waals surface area contributed by atoms with E-state index in [-0.39, 0.29) is 11.4 Å². The lowest BCUT2D eigenvalue weighted by Gasteiger charge is -2.39. The molecule has 0 radical (unpaired) electrons. The molecule has 1 aromatic rings. The van der Waals surface area contributed by atoms with E-state index in [9.17, 15) is 4.39 Å². The van der Waals surface area contributed by atoms with Gasteiger partial charge in [-0.25, -0.2) is 4.39 Å². The van der Waals surface area contributed by atoms with Crippen LogP contribution in [0.3, 0.4) is 0 Å². The van der Waals surface area contributed by atoms with Crippen LogP contribution in [-0.2, 0) is 11.2 Å². The summed E-state index contributed by atoms with van der Waals surface area (Å²) >= 11 is 0. The van der Waals surface area contributed by atoms with E-state index < -0.39 is 0 Å². The summed E-state index contributed by atoms with van der Waals surface area (Å²) in [6.07, 6.45) is 0.629. The lowest BCUT2D eigenvalue weighted by Crippen LogP contribution is -2.52. The molecule has 0 aliphatic carbocycles. The van der Waals surface area contributed by atoms with Gasteiger partial charge in [-0.1, -0.05) is 18.2 Å². The molecule has 6 heteroatoms. The number of rotatable bonds is 7. The van der Waals surface area contributed by atoms with Crippen LogP contribution >= 0.6 is 0 Å². The fourth-order valence-electron chi connectivity index (χ4n) is 2.90. The first-order valence-electron chi connectivity index (χ1n) is 9.11. The zero-order chi connectivity index (χ0) is 18.1. The third-order valence-corrected chi connectivity index (χ3v) is 4.48. The Morgan fingerprint density at radius 1 is 1.24 bits per heavy atom. The van der Waals surface area contributed by atoms with Crippen molar-refractivity contribution in [3.05, 3.63) is 35.6 Å². The summed E-state index contributed by atoms with van der Waals surface area (Å²) in [6, 6.07) is 6.90. The van der Waals surface area contributed by atoms with Crippen molar-refractivity contribution in [3.63, 3.8) is 0 Å². The molecule has 2 N–H and O–H groups in total. The highest BCUT2D eigenvalue weighted by Crippen LogP contribution is 2.16. The normalized spacial score (nSPS) is 16.7. The standard InChI is InChI=1S/C19H31FN4O/c1-4-21-18(22-10-9-16-7-5-6-8-17(16)20)23-15-19(2,3)24-11-13-25-14-12-24/h5-8H,4,9-15H2,1-3H3,(H2,21,22,23). The minimum atomic E-state index is -0.153. The molecule has 0 spiro atoms. The summed E-state index contributed by atoms with van der Waals surface area (Å²) in [4.78, 5) is 7.15. The van der Waals surface area contributed by atoms with Crippen LogP contribution in [0.5, 0.6) is 0 Å². The molecule has 1 fully saturated rings. The monoisotopic (exact) mass is 350 g/mol. The van der Waals surface area contributed by atoms with E-state index in [2.05, 4.69) is 29.4 Å². The summed E-state index contributed by atoms with van der Waals surface area (Å²) in [5.41, 5.74) is 0.706. The summed E-state index contributed by atoms with van der Waals surface area (Å²) in [7, 11) is 0. The Balaban J connectivity index is 1.87. The van der Waals surface area contributed by atoms with Crippen LogP contribution < -0.4 is 10.6 Å². The predicted octanol–water partition coefficient (Wildman–Crippen LogP) is 2.03. The van der Waals surface area contributed by atoms with Gasteiger partial charge >= 0.3 is 0 Å². The first kappa shape index (κ1) is 19.7. The van der Waals surface area contributed by atoms with Gasteiger partial charge < -0.3 is 15.4 Å². The summed E-state index contributed by atoms with van der Waals surface area (Å²) < 4.78 is 19.1. The smallest absolute Gasteiger partial charge is 0.191 e. The molecule has 1 saturated heterocycles. The summed E-state index contributed by atoms with van der Waals surface area (Å²) in [5.74, 6) is 0.625. The van der Waals surface area contributed by atoms with E-state index in [1.54, 1.807) is 6.07 Å². The molecule has 0 bridgehead atoms. The van der Waals surface area contributed by atoms with Crippen molar-refractivity contribution in [2.45, 2.75) is 32.7 Å². The Bertz CT molecular complexity index is 556. The number of hydrogen-bond acceptors (Lipinski definition) is 3. The van der Waals surface area contributed by atoms with Crippen LogP contribution in [0.2, 0.25) is 0 Å². The average Bonchev–Trinajstić information content (AvgIpc) is 2.62. The topological polar surface area (TPSA) is 48.9 Å². The van der Waals surface area contributed by atoms with Crippen LogP contribution in [0.4, 0.5) is 4.39 Å². The Morgan fingerprint density at radius 3 is 2.64 bits per heavy atom. The molecule has 0 unspecified atom stereocenters. The molecule has 25 heavy (non-hydrogen) atoms. The zero-order valence-corrected chi connectivity index (χ0v) is 15.6. The molecule has 140 valence electrons. The SMILES string of the molecule is CCNC(=NCC(C)(C)N1CCOCC1)NCCc1ccccc1F. The van der Waals surface area contributed by atoms with Crippen molar-refractivity contribution in [1.82, 2.24) is 15.5 Å². The maximum atomic E-state index is 13.7. The molecule has 0 amide bonds. The fourth-order valence-corrected chi connectivity index (χ4v) is 2.90. The molecule has 2 rings (SSSR count). The summed E-state index contributed by atoms with van der Waals surface area (Å²) in [6.45, 7) is 12.1. The highest BCUT2D eigenvalue weighted by Gasteiger charge is 2.28. The molecule has 0 saturated carbocycles. The Labute approximate surface area is 150 Å². The molecular formula is C19H31FN4O. The van der Waals surface area contributed by atoms with Gasteiger partial charge in [0, 0.05) is 31.7 Å². The average molecular weight is 350 g/mol. The third kappa shape index (κ3) is 6.29. The largest absolute Gasteiger partial charge is 0.379 e. The second kappa shape index (κ2) is 9.73. The zero-order valence-electron chi connectivity index (χ0n) is 15.6. The van der Waals surface area contributed by atoms with E-state index in [1.807, 2.05) is 19.1 Å². The van der Waals surface area contributed by atoms with Crippen molar-refractivity contribution in [2.24, 2.45) is 4.99 Å². The van der Waals surface area contributed by atoms with Crippen LogP contribution in [0, 0.1) is 5.82 Å². The molecule has 1 aliphatic rings. The van der Waals surface area contributed by atoms with Crippen LogP contribution in [-0.4, -0.2) is 62.3 Å². The molecule has 1 heterocycles. The lowest BCUT2D eigenvalue weighted by molar-refractivity contribution is -0.00683. The second-order valence-electron chi connectivity index (χ2n) is 6.88. The molecule has 0 aromatic heterocycles. The van der Waals surface area contributed by atoms with Gasteiger partial charge in [0.1, 0.15) is 5.82 Å². The van der Waals surface area contributed by atoms with E-state index >= 15 is 0 Å². The van der Waals surface area contributed by atoms with Gasteiger partial charge in [-0.15, -0.1) is 0 Å². The fraction of sp³-hybridized carbons (Fsp3) is 0.632. The first-order chi connectivity index (χ1) is 12.0. The number of nitrogens with one attached hydrogen (secondary N) is 2. The van der Waals surface area contributed by atoms with Crippen LogP contribution in [0.1, 0.15) is 26.3 Å². The predicted molar refractivity (Wildman–Crippen MR) is 101 cm³/mol. The van der Waals surface area contributed by atoms with Crippen LogP contribution in [0.15, 0.2) is 29.3 Å². The Kier molecular flexibility index (Phi) is 7.65. The van der Waals surface area contributed by atoms with E-state index in [1.165, 1.54) is 6.07 Å². The number of nitrogens with zero attached hydrogens (tertiary/aromatic N) is 2. The minimum Gasteiger partial charge on any atom is -0.379 e. The molecule has 1 aromatic carbocycles. The van der Waals surface area contributed by atoms with Gasteiger partial charge in [0.2, 0.25) is 0 Å². The maximum Gasteiger partial charge on any atom is 0.191 e. The van der Waals surface area contributed by atoms with Crippen molar-refractivity contribution in [1.29, 1.82) is 0 Å². The van der Waals surface area contributed by atoms with Gasteiger partial charge in [-0.2, -0.15) is 0 Å². The van der Waals surface area contributed by atoms with E-state index in [4.69, 9.17) is 9.73 Å². The lowest BCUT2D eigenvalue weighted by atomic mass is 10.0. The van der Waals surface area contributed by atoms with E-state index in [0.717, 1.165) is 44.4 Å². The van der Waals surface area contributed by atoms with Crippen molar-refractivity contribution < 1.29 is 9.13 Å². The third-order valence-electron chi connectivity index (χ3n) is 4.48. The molecular weight excluding hydrogens is 319 g/mol. The molecule has 0 atom stereocenters. The quantitative estimate of drug-likeness (QED) is 0.584. The Morgan fingerprint density at radius 2 is 1.96 bits per heavy atom. The number of halogens is 1. The highest BCUT2D eigenvalue weighted by atomic mass is 19.1. The molecule has 1 aliphatic heterocycles. The first-order valence-corrected chi connectivity index (χ1v) is 9.11. The number of morpholine rings is 1. The van der Waals surface area contributed by atoms with Gasteiger partial charge in [0.05, 0.1) is 19.8 Å². The van der Waals surface area contributed by atoms with E-state index in [0.29, 0.717) is 19.5 Å². The number of ether oxygens (including phenoxy) is 1. The van der Waals surface area contributed by atoms with Gasteiger partial charge in [0.15, 0.2) is 5.96 Å². The maximum absolute atomic E-state index is 13.7. The van der Waals surface area contributed by atoms with Crippen molar-refractivity contribution >= 4 is 5.96 Å². The Hall–Kier alpha value is -1.66. The highest BCUT2D eigenvalue weighted by molar-refractivity contribution is 5.79. The second-order valence-corrected chi connectivity index (χ2v) is 6.88. The van der Waals surface area contributed by atoms with Crippen molar-refractivity contribution in [3.8, 4) is 0 Å². The number of hydrogen-bond donors (Lipinski definition) is 2. The number of benzene rings is 1. The molecule has 5 nitrogen and oxygen atoms in total. The van der Waals surface area contributed by atoms with Gasteiger partial charge in [-0.05, 0) is 38.8 Å². The van der Waals surface area contributed by atoms with Gasteiger partial charge in [0.25, 0.3) is 0 Å².